The van der Waals surface area contributed by atoms with Gasteiger partial charge in [0.15, 0.2) is 0 Å². The van der Waals surface area contributed by atoms with E-state index in [2.05, 4.69) is 15.5 Å². The summed E-state index contributed by atoms with van der Waals surface area (Å²) >= 11 is 0. The maximum absolute atomic E-state index is 12.6. The Balaban J connectivity index is 1.72. The molecule has 0 spiro atoms. The van der Waals surface area contributed by atoms with E-state index in [-0.39, 0.29) is 16.9 Å². The summed E-state index contributed by atoms with van der Waals surface area (Å²) in [6.07, 6.45) is 3.86. The van der Waals surface area contributed by atoms with Crippen molar-refractivity contribution in [3.63, 3.8) is 0 Å². The lowest BCUT2D eigenvalue weighted by molar-refractivity contribution is -0.153. The largest absolute Gasteiger partial charge is 0.465 e. The summed E-state index contributed by atoms with van der Waals surface area (Å²) in [5.74, 6) is -0.200. The third kappa shape index (κ3) is 6.40. The number of carbonyl (C=O) groups is 1. The van der Waals surface area contributed by atoms with Gasteiger partial charge in [0.05, 0.1) is 23.5 Å². The first-order valence-electron chi connectivity index (χ1n) is 9.45. The van der Waals surface area contributed by atoms with E-state index in [4.69, 9.17) is 4.74 Å². The van der Waals surface area contributed by atoms with Crippen molar-refractivity contribution < 1.29 is 17.9 Å². The van der Waals surface area contributed by atoms with Crippen molar-refractivity contribution in [2.75, 3.05) is 12.4 Å². The second-order valence-corrected chi connectivity index (χ2v) is 9.68. The molecular weight excluding hydrogens is 380 g/mol. The van der Waals surface area contributed by atoms with Gasteiger partial charge in [0.25, 0.3) is 5.16 Å². The zero-order valence-corrected chi connectivity index (χ0v) is 17.5. The van der Waals surface area contributed by atoms with Gasteiger partial charge in [-0.2, -0.15) is 4.68 Å². The molecule has 0 unspecified atom stereocenters. The highest BCUT2D eigenvalue weighted by molar-refractivity contribution is 7.91. The van der Waals surface area contributed by atoms with Crippen molar-refractivity contribution >= 4 is 15.8 Å². The Morgan fingerprint density at radius 3 is 2.36 bits per heavy atom. The van der Waals surface area contributed by atoms with Gasteiger partial charge >= 0.3 is 5.97 Å². The molecule has 0 aliphatic heterocycles. The van der Waals surface area contributed by atoms with Crippen LogP contribution in [0.5, 0.6) is 0 Å². The van der Waals surface area contributed by atoms with Crippen LogP contribution in [0.1, 0.15) is 52.9 Å². The lowest BCUT2D eigenvalue weighted by Gasteiger charge is -2.16. The highest BCUT2D eigenvalue weighted by Gasteiger charge is 2.24. The summed E-state index contributed by atoms with van der Waals surface area (Å²) in [6.45, 7) is 5.87. The number of ether oxygens (including phenoxy) is 1. The fourth-order valence-electron chi connectivity index (χ4n) is 2.50. The molecule has 1 aromatic carbocycles. The quantitative estimate of drug-likeness (QED) is 0.440. The molecule has 0 N–H and O–H groups in total. The summed E-state index contributed by atoms with van der Waals surface area (Å²) in [4.78, 5) is 11.6. The van der Waals surface area contributed by atoms with Gasteiger partial charge in [-0.1, -0.05) is 42.6 Å². The molecule has 0 saturated carbocycles. The number of hydrogen-bond acceptors (Lipinski definition) is 7. The molecule has 0 radical (unpaired) electrons. The first-order chi connectivity index (χ1) is 13.2. The molecule has 0 bridgehead atoms. The normalized spacial score (nSPS) is 12.1. The van der Waals surface area contributed by atoms with E-state index in [1.165, 1.54) is 4.68 Å². The minimum atomic E-state index is -3.56. The topological polar surface area (TPSA) is 104 Å². The van der Waals surface area contributed by atoms with Gasteiger partial charge in [-0.05, 0) is 56.2 Å². The van der Waals surface area contributed by atoms with Crippen LogP contribution in [0.15, 0.2) is 35.5 Å². The number of esters is 1. The van der Waals surface area contributed by atoms with Crippen LogP contribution in [0.3, 0.4) is 0 Å². The van der Waals surface area contributed by atoms with E-state index >= 15 is 0 Å². The summed E-state index contributed by atoms with van der Waals surface area (Å²) < 4.78 is 31.6. The Kier molecular flexibility index (Phi) is 7.68. The maximum atomic E-state index is 12.6. The Hall–Kier alpha value is -2.29. The molecule has 0 atom stereocenters. The number of unbranched alkanes of at least 4 members (excludes halogenated alkanes) is 4. The van der Waals surface area contributed by atoms with Crippen LogP contribution < -0.4 is 0 Å². The first kappa shape index (κ1) is 22.0. The van der Waals surface area contributed by atoms with Crippen LogP contribution in [-0.2, 0) is 19.4 Å². The average molecular weight is 409 g/mol. The second kappa shape index (κ2) is 9.77. The number of carbonyl (C=O) groups excluding carboxylic acids is 1. The molecule has 9 heteroatoms. The van der Waals surface area contributed by atoms with Crippen molar-refractivity contribution in [2.24, 2.45) is 5.41 Å². The van der Waals surface area contributed by atoms with Gasteiger partial charge in [-0.15, -0.1) is 0 Å². The van der Waals surface area contributed by atoms with E-state index in [1.807, 2.05) is 26.8 Å². The smallest absolute Gasteiger partial charge is 0.311 e. The minimum absolute atomic E-state index is 0.000777. The van der Waals surface area contributed by atoms with Gasteiger partial charge in [0.1, 0.15) is 0 Å². The molecule has 0 aliphatic carbocycles. The first-order valence-corrected chi connectivity index (χ1v) is 11.1. The maximum Gasteiger partial charge on any atom is 0.311 e. The molecule has 0 amide bonds. The third-order valence-electron chi connectivity index (χ3n) is 4.12. The third-order valence-corrected chi connectivity index (χ3v) is 5.76. The molecule has 2 rings (SSSR count). The highest BCUT2D eigenvalue weighted by atomic mass is 32.2. The number of nitrogens with zero attached hydrogens (tertiary/aromatic N) is 4. The number of hydrogen-bond donors (Lipinski definition) is 0. The van der Waals surface area contributed by atoms with Crippen molar-refractivity contribution in [3.8, 4) is 5.69 Å². The molecular formula is C19H28N4O4S. The minimum Gasteiger partial charge on any atom is -0.465 e. The van der Waals surface area contributed by atoms with Crippen LogP contribution in [0.25, 0.3) is 5.69 Å². The fourth-order valence-corrected chi connectivity index (χ4v) is 3.83. The number of benzene rings is 1. The molecule has 0 aliphatic rings. The number of rotatable bonds is 10. The summed E-state index contributed by atoms with van der Waals surface area (Å²) in [6, 6.07) is 8.94. The number of aromatic nitrogens is 4. The Labute approximate surface area is 166 Å². The van der Waals surface area contributed by atoms with Crippen LogP contribution in [0.4, 0.5) is 0 Å². The van der Waals surface area contributed by atoms with Gasteiger partial charge in [-0.3, -0.25) is 4.79 Å². The number of sulfone groups is 1. The fraction of sp³-hybridized carbons (Fsp3) is 0.579. The molecule has 0 fully saturated rings. The predicted octanol–water partition coefficient (Wildman–Crippen LogP) is 2.98. The Morgan fingerprint density at radius 1 is 1.04 bits per heavy atom. The molecule has 154 valence electrons. The van der Waals surface area contributed by atoms with Crippen LogP contribution in [-0.4, -0.2) is 47.0 Å². The highest BCUT2D eigenvalue weighted by Crippen LogP contribution is 2.17. The van der Waals surface area contributed by atoms with Crippen molar-refractivity contribution in [3.05, 3.63) is 30.3 Å². The zero-order chi connectivity index (χ0) is 20.6. The summed E-state index contributed by atoms with van der Waals surface area (Å²) in [7, 11) is -3.56. The molecule has 8 nitrogen and oxygen atoms in total. The SMILES string of the molecule is CC(C)(C)C(=O)OCCCCCCCS(=O)(=O)c1nnnn1-c1ccccc1. The predicted molar refractivity (Wildman–Crippen MR) is 105 cm³/mol. The molecule has 28 heavy (non-hydrogen) atoms. The van der Waals surface area contributed by atoms with E-state index in [9.17, 15) is 13.2 Å². The van der Waals surface area contributed by atoms with E-state index < -0.39 is 15.3 Å². The van der Waals surface area contributed by atoms with E-state index in [1.54, 1.807) is 24.3 Å². The number of para-hydroxylation sites is 1. The zero-order valence-electron chi connectivity index (χ0n) is 16.7. The monoisotopic (exact) mass is 408 g/mol. The van der Waals surface area contributed by atoms with E-state index in [0.29, 0.717) is 18.7 Å². The van der Waals surface area contributed by atoms with Crippen molar-refractivity contribution in [2.45, 2.75) is 58.0 Å². The Morgan fingerprint density at radius 2 is 1.68 bits per heavy atom. The van der Waals surface area contributed by atoms with Gasteiger partial charge in [0, 0.05) is 0 Å². The lowest BCUT2D eigenvalue weighted by atomic mass is 9.97. The molecule has 1 aromatic heterocycles. The van der Waals surface area contributed by atoms with Crippen molar-refractivity contribution in [1.29, 1.82) is 0 Å². The lowest BCUT2D eigenvalue weighted by Crippen LogP contribution is -2.23. The number of tetrazole rings is 1. The Bertz CT molecular complexity index is 858. The molecule has 0 saturated heterocycles. The van der Waals surface area contributed by atoms with E-state index in [0.717, 1.165) is 25.7 Å². The molecule has 2 aromatic rings. The van der Waals surface area contributed by atoms with Crippen LogP contribution in [0, 0.1) is 5.41 Å². The van der Waals surface area contributed by atoms with Gasteiger partial charge in [-0.25, -0.2) is 8.42 Å². The summed E-state index contributed by atoms with van der Waals surface area (Å²) in [5, 5.41) is 10.9. The summed E-state index contributed by atoms with van der Waals surface area (Å²) in [5.41, 5.74) is 0.125. The van der Waals surface area contributed by atoms with Crippen LogP contribution in [0.2, 0.25) is 0 Å². The van der Waals surface area contributed by atoms with Crippen LogP contribution >= 0.6 is 0 Å². The second-order valence-electron chi connectivity index (χ2n) is 7.68. The van der Waals surface area contributed by atoms with Gasteiger partial charge in [0.2, 0.25) is 9.84 Å². The van der Waals surface area contributed by atoms with Gasteiger partial charge < -0.3 is 4.74 Å². The standard InChI is InChI=1S/C19H28N4O4S/c1-19(2,3)17(24)27-14-10-5-4-6-11-15-28(25,26)18-20-21-22-23(18)16-12-8-7-9-13-16/h7-9,12-13H,4-6,10-11,14-15H2,1-3H3. The van der Waals surface area contributed by atoms with Crippen molar-refractivity contribution in [1.82, 2.24) is 20.2 Å². The average Bonchev–Trinajstić information content (AvgIpc) is 3.14. The molecule has 1 heterocycles.